The second kappa shape index (κ2) is 7.09. The van der Waals surface area contributed by atoms with Crippen molar-refractivity contribution in [2.75, 3.05) is 13.2 Å². The molecule has 0 bridgehead atoms. The minimum absolute atomic E-state index is 0.00775. The van der Waals surface area contributed by atoms with E-state index in [4.69, 9.17) is 21.1 Å². The molecule has 158 valence electrons. The summed E-state index contributed by atoms with van der Waals surface area (Å²) < 4.78 is 53.1. The lowest BCUT2D eigenvalue weighted by atomic mass is 9.73. The second-order valence-electron chi connectivity index (χ2n) is 7.79. The minimum Gasteiger partial charge on any atom is -0.507 e. The largest absolute Gasteiger partial charge is 0.507 e. The average molecular weight is 433 g/mol. The van der Waals surface area contributed by atoms with Crippen molar-refractivity contribution in [2.45, 2.75) is 55.9 Å². The number of esters is 1. The number of benzene rings is 1. The van der Waals surface area contributed by atoms with Crippen LogP contribution in [0.4, 0.5) is 13.2 Å². The highest BCUT2D eigenvalue weighted by atomic mass is 35.5. The molecule has 1 saturated carbocycles. The second-order valence-corrected chi connectivity index (χ2v) is 8.20. The van der Waals surface area contributed by atoms with Gasteiger partial charge in [0.2, 0.25) is 0 Å². The summed E-state index contributed by atoms with van der Waals surface area (Å²) in [6.07, 6.45) is -0.283. The predicted molar refractivity (Wildman–Crippen MR) is 97.8 cm³/mol. The van der Waals surface area contributed by atoms with Gasteiger partial charge < -0.3 is 19.3 Å². The van der Waals surface area contributed by atoms with Crippen LogP contribution in [0.3, 0.4) is 0 Å². The molecule has 1 aliphatic carbocycles. The monoisotopic (exact) mass is 432 g/mol. The van der Waals surface area contributed by atoms with Gasteiger partial charge in [0, 0.05) is 12.2 Å². The Morgan fingerprint density at radius 1 is 1.17 bits per heavy atom. The summed E-state index contributed by atoms with van der Waals surface area (Å²) >= 11 is 6.18. The van der Waals surface area contributed by atoms with E-state index in [0.717, 1.165) is 19.4 Å². The number of alkyl halides is 3. The molecule has 0 atom stereocenters. The molecular formula is C20H20ClF3O5. The van der Waals surface area contributed by atoms with E-state index in [9.17, 15) is 23.1 Å². The van der Waals surface area contributed by atoms with Crippen molar-refractivity contribution >= 4 is 23.1 Å². The SMILES string of the molecule is O=C1OC2(CCC3(CCCO3)CC2)C(O)=C1c1ccc(OCC(F)(F)F)cc1Cl. The normalized spacial score (nSPS) is 29.7. The standard InChI is InChI=1S/C20H20ClF3O5/c21-14-10-12(27-11-20(22,23)24)2-3-13(14)15-16(25)19(29-17(15)26)7-5-18(6-8-19)4-1-9-28-18/h2-3,10,25H,1,4-9,11H2. The van der Waals surface area contributed by atoms with Gasteiger partial charge in [0.1, 0.15) is 11.3 Å². The quantitative estimate of drug-likeness (QED) is 0.683. The van der Waals surface area contributed by atoms with E-state index < -0.39 is 24.4 Å². The maximum atomic E-state index is 12.6. The van der Waals surface area contributed by atoms with Gasteiger partial charge in [-0.05, 0) is 56.7 Å². The Labute approximate surface area is 170 Å². The Morgan fingerprint density at radius 2 is 1.90 bits per heavy atom. The van der Waals surface area contributed by atoms with Crippen LogP contribution < -0.4 is 4.74 Å². The van der Waals surface area contributed by atoms with E-state index >= 15 is 0 Å². The van der Waals surface area contributed by atoms with Gasteiger partial charge in [0.25, 0.3) is 0 Å². The molecule has 2 spiro atoms. The van der Waals surface area contributed by atoms with Crippen LogP contribution in [-0.2, 0) is 14.3 Å². The van der Waals surface area contributed by atoms with Crippen molar-refractivity contribution in [3.63, 3.8) is 0 Å². The third kappa shape index (κ3) is 3.80. The van der Waals surface area contributed by atoms with Crippen LogP contribution in [0.2, 0.25) is 5.02 Å². The summed E-state index contributed by atoms with van der Waals surface area (Å²) in [5.41, 5.74) is -1.16. The van der Waals surface area contributed by atoms with Crippen LogP contribution in [0.15, 0.2) is 24.0 Å². The number of carbonyl (C=O) groups is 1. The van der Waals surface area contributed by atoms with Gasteiger partial charge in [0.05, 0.1) is 10.6 Å². The Balaban J connectivity index is 1.57. The summed E-state index contributed by atoms with van der Waals surface area (Å²) in [7, 11) is 0. The summed E-state index contributed by atoms with van der Waals surface area (Å²) in [6, 6.07) is 3.81. The lowest BCUT2D eigenvalue weighted by Gasteiger charge is -2.41. The van der Waals surface area contributed by atoms with Crippen LogP contribution >= 0.6 is 11.6 Å². The number of aliphatic hydroxyl groups is 1. The molecule has 1 N–H and O–H groups in total. The van der Waals surface area contributed by atoms with E-state index in [0.29, 0.717) is 25.7 Å². The van der Waals surface area contributed by atoms with Crippen LogP contribution in [0.1, 0.15) is 44.1 Å². The van der Waals surface area contributed by atoms with E-state index in [1.165, 1.54) is 18.2 Å². The summed E-state index contributed by atoms with van der Waals surface area (Å²) in [4.78, 5) is 12.6. The first-order valence-corrected chi connectivity index (χ1v) is 9.81. The third-order valence-electron chi connectivity index (χ3n) is 5.93. The van der Waals surface area contributed by atoms with Crippen molar-refractivity contribution in [1.29, 1.82) is 0 Å². The first kappa shape index (κ1) is 20.3. The van der Waals surface area contributed by atoms with Crippen molar-refractivity contribution in [3.8, 4) is 5.75 Å². The van der Waals surface area contributed by atoms with Crippen molar-refractivity contribution in [3.05, 3.63) is 34.5 Å². The molecule has 0 amide bonds. The summed E-state index contributed by atoms with van der Waals surface area (Å²) in [6.45, 7) is -0.732. The molecular weight excluding hydrogens is 413 g/mol. The molecule has 9 heteroatoms. The van der Waals surface area contributed by atoms with Gasteiger partial charge in [-0.15, -0.1) is 0 Å². The Morgan fingerprint density at radius 3 is 2.48 bits per heavy atom. The van der Waals surface area contributed by atoms with Gasteiger partial charge in [0.15, 0.2) is 18.0 Å². The molecule has 2 aliphatic heterocycles. The highest BCUT2D eigenvalue weighted by Crippen LogP contribution is 2.51. The molecule has 0 radical (unpaired) electrons. The van der Waals surface area contributed by atoms with Gasteiger partial charge in [-0.1, -0.05) is 11.6 Å². The summed E-state index contributed by atoms with van der Waals surface area (Å²) in [5, 5.41) is 10.9. The van der Waals surface area contributed by atoms with Crippen LogP contribution in [0, 0.1) is 0 Å². The molecule has 29 heavy (non-hydrogen) atoms. The Kier molecular flexibility index (Phi) is 4.98. The van der Waals surface area contributed by atoms with Gasteiger partial charge >= 0.3 is 12.1 Å². The number of ether oxygens (including phenoxy) is 3. The average Bonchev–Trinajstić information content (AvgIpc) is 3.20. The van der Waals surface area contributed by atoms with E-state index in [2.05, 4.69) is 4.74 Å². The fourth-order valence-corrected chi connectivity index (χ4v) is 4.66. The fraction of sp³-hybridized carbons (Fsp3) is 0.550. The number of carbonyl (C=O) groups excluding carboxylic acids is 1. The minimum atomic E-state index is -4.48. The zero-order chi connectivity index (χ0) is 20.9. The number of halogens is 4. The molecule has 3 aliphatic rings. The Bertz CT molecular complexity index is 848. The molecule has 2 fully saturated rings. The van der Waals surface area contributed by atoms with Crippen molar-refractivity contribution in [1.82, 2.24) is 0 Å². The van der Waals surface area contributed by atoms with Crippen molar-refractivity contribution < 1.29 is 37.3 Å². The molecule has 1 aromatic carbocycles. The first-order chi connectivity index (χ1) is 13.6. The molecule has 4 rings (SSSR count). The van der Waals surface area contributed by atoms with E-state index in [-0.39, 0.29) is 33.3 Å². The molecule has 0 unspecified atom stereocenters. The van der Waals surface area contributed by atoms with Crippen LogP contribution in [0.5, 0.6) is 5.75 Å². The van der Waals surface area contributed by atoms with Crippen molar-refractivity contribution in [2.24, 2.45) is 0 Å². The molecule has 1 saturated heterocycles. The van der Waals surface area contributed by atoms with Crippen LogP contribution in [-0.4, -0.2) is 41.7 Å². The van der Waals surface area contributed by atoms with E-state index in [1.807, 2.05) is 0 Å². The number of aliphatic hydroxyl groups excluding tert-OH is 1. The summed E-state index contributed by atoms with van der Waals surface area (Å²) in [5.74, 6) is -0.965. The lowest BCUT2D eigenvalue weighted by Crippen LogP contribution is -2.44. The first-order valence-electron chi connectivity index (χ1n) is 9.44. The third-order valence-corrected chi connectivity index (χ3v) is 6.24. The number of rotatable bonds is 3. The predicted octanol–water partition coefficient (Wildman–Crippen LogP) is 4.97. The van der Waals surface area contributed by atoms with E-state index in [1.54, 1.807) is 0 Å². The zero-order valence-corrected chi connectivity index (χ0v) is 16.2. The molecule has 5 nitrogen and oxygen atoms in total. The van der Waals surface area contributed by atoms with Crippen LogP contribution in [0.25, 0.3) is 5.57 Å². The number of hydrogen-bond donors (Lipinski definition) is 1. The van der Waals surface area contributed by atoms with Gasteiger partial charge in [-0.2, -0.15) is 13.2 Å². The Hall–Kier alpha value is -1.93. The molecule has 1 aromatic rings. The topological polar surface area (TPSA) is 65.0 Å². The van der Waals surface area contributed by atoms with Gasteiger partial charge in [-0.3, -0.25) is 0 Å². The lowest BCUT2D eigenvalue weighted by molar-refractivity contribution is -0.156. The molecule has 0 aromatic heterocycles. The molecule has 2 heterocycles. The van der Waals surface area contributed by atoms with Gasteiger partial charge in [-0.25, -0.2) is 4.79 Å². The highest BCUT2D eigenvalue weighted by molar-refractivity contribution is 6.35. The fourth-order valence-electron chi connectivity index (χ4n) is 4.39. The zero-order valence-electron chi connectivity index (χ0n) is 15.5. The highest BCUT2D eigenvalue weighted by Gasteiger charge is 2.54. The number of hydrogen-bond acceptors (Lipinski definition) is 5. The maximum Gasteiger partial charge on any atom is 0.422 e. The maximum absolute atomic E-state index is 12.6. The smallest absolute Gasteiger partial charge is 0.422 e.